The molecule has 3 N–H and O–H groups in total. The molecule has 1 amide bonds. The predicted molar refractivity (Wildman–Crippen MR) is 134 cm³/mol. The van der Waals surface area contributed by atoms with Gasteiger partial charge < -0.3 is 29.5 Å². The van der Waals surface area contributed by atoms with E-state index in [0.29, 0.717) is 64.5 Å². The number of amides is 1. The molecule has 0 saturated carbocycles. The number of fused-ring (bicyclic) bond motifs is 3. The number of unbranched alkanes of at least 4 members (excludes halogenated alkanes) is 1. The minimum atomic E-state index is -0.193. The van der Waals surface area contributed by atoms with Crippen molar-refractivity contribution in [2.75, 3.05) is 26.6 Å². The van der Waals surface area contributed by atoms with Crippen LogP contribution < -0.4 is 25.1 Å². The van der Waals surface area contributed by atoms with E-state index in [-0.39, 0.29) is 11.5 Å². The Kier molecular flexibility index (Phi) is 6.87. The number of ether oxygens (including phenoxy) is 3. The summed E-state index contributed by atoms with van der Waals surface area (Å²) in [7, 11) is 4.70. The first kappa shape index (κ1) is 23.4. The van der Waals surface area contributed by atoms with E-state index in [9.17, 15) is 9.59 Å². The molecule has 0 radical (unpaired) electrons. The molecule has 0 atom stereocenters. The van der Waals surface area contributed by atoms with Crippen LogP contribution in [0.3, 0.4) is 0 Å². The molecule has 34 heavy (non-hydrogen) atoms. The summed E-state index contributed by atoms with van der Waals surface area (Å²) in [6, 6.07) is 10.8. The molecule has 0 spiro atoms. The fourth-order valence-electron chi connectivity index (χ4n) is 3.86. The quantitative estimate of drug-likeness (QED) is 0.241. The minimum Gasteiger partial charge on any atom is -0.497 e. The van der Waals surface area contributed by atoms with Gasteiger partial charge in [-0.15, -0.1) is 0 Å². The first-order valence-corrected chi connectivity index (χ1v) is 11.2. The van der Waals surface area contributed by atoms with Gasteiger partial charge in [0.2, 0.25) is 5.91 Å². The second-order valence-electron chi connectivity index (χ2n) is 7.74. The molecule has 0 saturated heterocycles. The number of nitrogens with zero attached hydrogens (tertiary/aromatic N) is 1. The molecule has 9 nitrogen and oxygen atoms in total. The Morgan fingerprint density at radius 1 is 0.971 bits per heavy atom. The zero-order valence-electron chi connectivity index (χ0n) is 19.2. The van der Waals surface area contributed by atoms with E-state index in [1.54, 1.807) is 32.4 Å². The average Bonchev–Trinajstić information content (AvgIpc) is 3.21. The molecule has 0 bridgehead atoms. The lowest BCUT2D eigenvalue weighted by Gasteiger charge is -2.11. The van der Waals surface area contributed by atoms with Gasteiger partial charge in [0.15, 0.2) is 4.77 Å². The molecule has 0 aliphatic heterocycles. The van der Waals surface area contributed by atoms with Crippen molar-refractivity contribution >= 4 is 45.7 Å². The van der Waals surface area contributed by atoms with Gasteiger partial charge in [-0.3, -0.25) is 14.2 Å². The summed E-state index contributed by atoms with van der Waals surface area (Å²) in [4.78, 5) is 31.8. The van der Waals surface area contributed by atoms with Crippen molar-refractivity contribution in [1.29, 1.82) is 0 Å². The molecule has 4 rings (SSSR count). The summed E-state index contributed by atoms with van der Waals surface area (Å²) in [6.07, 6.45) is 1.51. The topological polar surface area (TPSA) is 110 Å². The molecule has 4 aromatic rings. The Morgan fingerprint density at radius 3 is 2.44 bits per heavy atom. The van der Waals surface area contributed by atoms with E-state index in [1.807, 2.05) is 18.2 Å². The Hall–Kier alpha value is -3.79. The summed E-state index contributed by atoms with van der Waals surface area (Å²) in [5, 5.41) is 3.70. The smallest absolute Gasteiger partial charge is 0.278 e. The molecule has 2 aromatic heterocycles. The number of nitrogens with one attached hydrogen (secondary N) is 3. The molecular formula is C24H26N4O5S. The molecule has 2 heterocycles. The number of H-pyrrole nitrogens is 2. The van der Waals surface area contributed by atoms with E-state index in [4.69, 9.17) is 26.4 Å². The fraction of sp³-hybridized carbons (Fsp3) is 0.292. The molecule has 10 heteroatoms. The van der Waals surface area contributed by atoms with Crippen molar-refractivity contribution < 1.29 is 19.0 Å². The lowest BCUT2D eigenvalue weighted by Crippen LogP contribution is -2.22. The zero-order chi connectivity index (χ0) is 24.2. The van der Waals surface area contributed by atoms with Crippen LogP contribution in [-0.2, 0) is 11.3 Å². The first-order chi connectivity index (χ1) is 16.4. The van der Waals surface area contributed by atoms with Crippen LogP contribution in [0.4, 0.5) is 5.69 Å². The van der Waals surface area contributed by atoms with Gasteiger partial charge in [0.25, 0.3) is 5.56 Å². The van der Waals surface area contributed by atoms with E-state index >= 15 is 0 Å². The number of carbonyl (C=O) groups excluding carboxylic acids is 1. The van der Waals surface area contributed by atoms with Crippen molar-refractivity contribution in [3.63, 3.8) is 0 Å². The maximum absolute atomic E-state index is 13.1. The minimum absolute atomic E-state index is 0.138. The van der Waals surface area contributed by atoms with Gasteiger partial charge >= 0.3 is 0 Å². The normalized spacial score (nSPS) is 11.0. The Bertz CT molecular complexity index is 1470. The number of carbonyl (C=O) groups is 1. The SMILES string of the molecule is COc1ccc(NC(=O)CCCCn2c(=S)[nH]c3c([nH]c4ccc(OC)cc43)c2=O)c(OC)c1. The zero-order valence-corrected chi connectivity index (χ0v) is 20.0. The van der Waals surface area contributed by atoms with E-state index in [2.05, 4.69) is 15.3 Å². The third-order valence-corrected chi connectivity index (χ3v) is 5.98. The van der Waals surface area contributed by atoms with Crippen LogP contribution >= 0.6 is 12.2 Å². The summed E-state index contributed by atoms with van der Waals surface area (Å²) in [6.45, 7) is 0.405. The van der Waals surface area contributed by atoms with Crippen LogP contribution in [0.2, 0.25) is 0 Å². The van der Waals surface area contributed by atoms with Crippen molar-refractivity contribution in [3.8, 4) is 17.2 Å². The Labute approximate surface area is 200 Å². The molecule has 2 aromatic carbocycles. The summed E-state index contributed by atoms with van der Waals surface area (Å²) in [5.41, 5.74) is 2.32. The van der Waals surface area contributed by atoms with Gasteiger partial charge in [0.1, 0.15) is 22.8 Å². The maximum Gasteiger partial charge on any atom is 0.278 e. The highest BCUT2D eigenvalue weighted by molar-refractivity contribution is 7.71. The molecule has 0 aliphatic rings. The standard InChI is InChI=1S/C24H26N4O5S/c1-31-14-7-9-17-16(12-14)21-22(26-17)23(30)28(24(34)27-21)11-5-4-6-20(29)25-18-10-8-15(32-2)13-19(18)33-3/h7-10,12-13,26H,4-6,11H2,1-3H3,(H,25,29)(H,27,34). The highest BCUT2D eigenvalue weighted by atomic mass is 32.1. The van der Waals surface area contributed by atoms with Gasteiger partial charge in [-0.25, -0.2) is 0 Å². The van der Waals surface area contributed by atoms with Crippen LogP contribution in [0.1, 0.15) is 19.3 Å². The van der Waals surface area contributed by atoms with Crippen LogP contribution in [0.25, 0.3) is 21.9 Å². The van der Waals surface area contributed by atoms with Crippen molar-refractivity contribution in [3.05, 3.63) is 51.5 Å². The number of benzene rings is 2. The number of hydrogen-bond donors (Lipinski definition) is 3. The van der Waals surface area contributed by atoms with E-state index in [0.717, 1.165) is 10.9 Å². The lowest BCUT2D eigenvalue weighted by atomic mass is 10.2. The van der Waals surface area contributed by atoms with Gasteiger partial charge in [-0.05, 0) is 55.4 Å². The highest BCUT2D eigenvalue weighted by Crippen LogP contribution is 2.29. The number of rotatable bonds is 9. The van der Waals surface area contributed by atoms with Gasteiger partial charge in [0, 0.05) is 29.9 Å². The highest BCUT2D eigenvalue weighted by Gasteiger charge is 2.13. The van der Waals surface area contributed by atoms with Crippen LogP contribution in [0.15, 0.2) is 41.2 Å². The molecule has 0 aliphatic carbocycles. The summed E-state index contributed by atoms with van der Waals surface area (Å²) >= 11 is 5.45. The largest absolute Gasteiger partial charge is 0.497 e. The molecule has 178 valence electrons. The summed E-state index contributed by atoms with van der Waals surface area (Å²) < 4.78 is 17.6. The molecule has 0 unspecified atom stereocenters. The van der Waals surface area contributed by atoms with E-state index in [1.165, 1.54) is 11.7 Å². The number of aromatic amines is 2. The van der Waals surface area contributed by atoms with Crippen molar-refractivity contribution in [2.45, 2.75) is 25.8 Å². The monoisotopic (exact) mass is 482 g/mol. The number of hydrogen-bond acceptors (Lipinski definition) is 6. The number of aromatic nitrogens is 3. The van der Waals surface area contributed by atoms with Crippen molar-refractivity contribution in [1.82, 2.24) is 14.5 Å². The Morgan fingerprint density at radius 2 is 1.71 bits per heavy atom. The van der Waals surface area contributed by atoms with Gasteiger partial charge in [-0.1, -0.05) is 0 Å². The van der Waals surface area contributed by atoms with Crippen LogP contribution in [-0.4, -0.2) is 41.8 Å². The third-order valence-electron chi connectivity index (χ3n) is 5.66. The van der Waals surface area contributed by atoms with E-state index < -0.39 is 0 Å². The van der Waals surface area contributed by atoms with Gasteiger partial charge in [-0.2, -0.15) is 0 Å². The number of anilines is 1. The number of methoxy groups -OCH3 is 3. The second-order valence-corrected chi connectivity index (χ2v) is 8.13. The first-order valence-electron chi connectivity index (χ1n) is 10.8. The Balaban J connectivity index is 1.42. The maximum atomic E-state index is 13.1. The summed E-state index contributed by atoms with van der Waals surface area (Å²) in [5.74, 6) is 1.72. The van der Waals surface area contributed by atoms with Gasteiger partial charge in [0.05, 0.1) is 32.5 Å². The third kappa shape index (κ3) is 4.62. The lowest BCUT2D eigenvalue weighted by molar-refractivity contribution is -0.116. The van der Waals surface area contributed by atoms with Crippen LogP contribution in [0.5, 0.6) is 17.2 Å². The molecular weight excluding hydrogens is 456 g/mol. The predicted octanol–water partition coefficient (Wildman–Crippen LogP) is 4.38. The second kappa shape index (κ2) is 10.0. The average molecular weight is 483 g/mol. The van der Waals surface area contributed by atoms with Crippen molar-refractivity contribution in [2.24, 2.45) is 0 Å². The molecule has 0 fully saturated rings. The fourth-order valence-corrected chi connectivity index (χ4v) is 4.14. The van der Waals surface area contributed by atoms with Crippen LogP contribution in [0, 0.1) is 4.77 Å².